The second kappa shape index (κ2) is 13.7. The molecule has 2 aromatic rings. The quantitative estimate of drug-likeness (QED) is 0.361. The summed E-state index contributed by atoms with van der Waals surface area (Å²) in [5.41, 5.74) is 1.38. The molecular formula is C31H42N2O4. The molecule has 37 heavy (non-hydrogen) atoms. The standard InChI is InChI=1S/C31H42N2O4/c1-36-28-13-9-24(10-14-28)30(34)26(22-32-17-5-3-6-18-32)21-27(23-33-19-7-4-8-20-33)31(35)25-11-15-29(37-2)16-12-25/h9-16,26-27H,3-8,17-23H2,1-2H3/t26-,27+. The molecule has 0 unspecified atom stereocenters. The van der Waals surface area contributed by atoms with Crippen molar-refractivity contribution in [1.82, 2.24) is 9.80 Å². The van der Waals surface area contributed by atoms with Crippen LogP contribution in [0.4, 0.5) is 0 Å². The van der Waals surface area contributed by atoms with Crippen LogP contribution in [0.5, 0.6) is 11.5 Å². The van der Waals surface area contributed by atoms with Crippen molar-refractivity contribution in [2.24, 2.45) is 11.8 Å². The molecule has 0 amide bonds. The van der Waals surface area contributed by atoms with Crippen molar-refractivity contribution in [2.75, 3.05) is 53.5 Å². The van der Waals surface area contributed by atoms with Gasteiger partial charge in [0.15, 0.2) is 11.6 Å². The molecule has 0 radical (unpaired) electrons. The molecule has 4 rings (SSSR count). The Morgan fingerprint density at radius 3 is 1.30 bits per heavy atom. The Morgan fingerprint density at radius 2 is 0.973 bits per heavy atom. The Bertz CT molecular complexity index is 911. The second-order valence-corrected chi connectivity index (χ2v) is 10.5. The van der Waals surface area contributed by atoms with E-state index >= 15 is 0 Å². The predicted octanol–water partition coefficient (Wildman–Crippen LogP) is 5.36. The van der Waals surface area contributed by atoms with Crippen LogP contribution in [0, 0.1) is 11.8 Å². The van der Waals surface area contributed by atoms with Crippen LogP contribution >= 0.6 is 0 Å². The number of hydrogen-bond acceptors (Lipinski definition) is 6. The zero-order valence-electron chi connectivity index (χ0n) is 22.5. The van der Waals surface area contributed by atoms with Crippen molar-refractivity contribution in [3.63, 3.8) is 0 Å². The topological polar surface area (TPSA) is 59.1 Å². The lowest BCUT2D eigenvalue weighted by molar-refractivity contribution is 0.0752. The number of Topliss-reactive ketones (excluding diaryl/α,β-unsaturated/α-hetero) is 2. The molecule has 200 valence electrons. The van der Waals surface area contributed by atoms with E-state index in [0.717, 1.165) is 37.7 Å². The zero-order valence-corrected chi connectivity index (χ0v) is 22.5. The molecule has 0 aromatic heterocycles. The minimum absolute atomic E-state index is 0.124. The number of ketones is 2. The van der Waals surface area contributed by atoms with Crippen LogP contribution in [0.25, 0.3) is 0 Å². The third-order valence-corrected chi connectivity index (χ3v) is 7.91. The van der Waals surface area contributed by atoms with Crippen LogP contribution in [0.1, 0.15) is 65.7 Å². The summed E-state index contributed by atoms with van der Waals surface area (Å²) in [5, 5.41) is 0. The van der Waals surface area contributed by atoms with E-state index in [1.54, 1.807) is 14.2 Å². The summed E-state index contributed by atoms with van der Waals surface area (Å²) >= 11 is 0. The van der Waals surface area contributed by atoms with Gasteiger partial charge >= 0.3 is 0 Å². The maximum Gasteiger partial charge on any atom is 0.167 e. The van der Waals surface area contributed by atoms with Crippen LogP contribution in [-0.4, -0.2) is 74.9 Å². The first-order valence-electron chi connectivity index (χ1n) is 13.9. The summed E-state index contributed by atoms with van der Waals surface area (Å²) in [4.78, 5) is 32.6. The van der Waals surface area contributed by atoms with E-state index in [1.165, 1.54) is 38.5 Å². The molecule has 0 aliphatic carbocycles. The molecule has 2 atom stereocenters. The molecule has 2 aliphatic heterocycles. The summed E-state index contributed by atoms with van der Waals surface area (Å²) in [5.74, 6) is 1.26. The summed E-state index contributed by atoms with van der Waals surface area (Å²) in [6.07, 6.45) is 7.75. The van der Waals surface area contributed by atoms with Gasteiger partial charge in [-0.3, -0.25) is 9.59 Å². The number of likely N-dealkylation sites (tertiary alicyclic amines) is 2. The number of piperidine rings is 2. The molecule has 6 nitrogen and oxygen atoms in total. The minimum Gasteiger partial charge on any atom is -0.497 e. The third kappa shape index (κ3) is 7.65. The molecule has 0 saturated carbocycles. The van der Waals surface area contributed by atoms with Crippen molar-refractivity contribution in [3.8, 4) is 11.5 Å². The second-order valence-electron chi connectivity index (χ2n) is 10.5. The largest absolute Gasteiger partial charge is 0.497 e. The number of rotatable bonds is 12. The average Bonchev–Trinajstić information content (AvgIpc) is 2.97. The highest BCUT2D eigenvalue weighted by Crippen LogP contribution is 2.27. The van der Waals surface area contributed by atoms with E-state index in [4.69, 9.17) is 9.47 Å². The number of carbonyl (C=O) groups excluding carboxylic acids is 2. The molecule has 2 heterocycles. The molecule has 2 aromatic carbocycles. The molecule has 0 bridgehead atoms. The summed E-state index contributed by atoms with van der Waals surface area (Å²) in [7, 11) is 3.26. The molecular weight excluding hydrogens is 464 g/mol. The monoisotopic (exact) mass is 506 g/mol. The molecule has 0 spiro atoms. The lowest BCUT2D eigenvalue weighted by Crippen LogP contribution is -2.41. The van der Waals surface area contributed by atoms with E-state index in [1.807, 2.05) is 48.5 Å². The van der Waals surface area contributed by atoms with Crippen molar-refractivity contribution in [2.45, 2.75) is 44.9 Å². The highest BCUT2D eigenvalue weighted by atomic mass is 16.5. The van der Waals surface area contributed by atoms with Crippen molar-refractivity contribution in [3.05, 3.63) is 59.7 Å². The van der Waals surface area contributed by atoms with Crippen molar-refractivity contribution in [1.29, 1.82) is 0 Å². The van der Waals surface area contributed by atoms with Gasteiger partial charge in [0.2, 0.25) is 0 Å². The van der Waals surface area contributed by atoms with Gasteiger partial charge in [-0.2, -0.15) is 0 Å². The van der Waals surface area contributed by atoms with Gasteiger partial charge < -0.3 is 19.3 Å². The maximum atomic E-state index is 13.9. The SMILES string of the molecule is COc1ccc(C(=O)[C@H](C[C@@H](CN2CCCCC2)C(=O)c2ccc(OC)cc2)CN2CCCCC2)cc1. The fourth-order valence-electron chi connectivity index (χ4n) is 5.76. The summed E-state index contributed by atoms with van der Waals surface area (Å²) < 4.78 is 10.6. The average molecular weight is 507 g/mol. The highest BCUT2D eigenvalue weighted by molar-refractivity contribution is 6.00. The lowest BCUT2D eigenvalue weighted by Gasteiger charge is -2.34. The fraction of sp³-hybridized carbons (Fsp3) is 0.548. The smallest absolute Gasteiger partial charge is 0.167 e. The predicted molar refractivity (Wildman–Crippen MR) is 147 cm³/mol. The molecule has 2 fully saturated rings. The van der Waals surface area contributed by atoms with Gasteiger partial charge in [0.25, 0.3) is 0 Å². The summed E-state index contributed by atoms with van der Waals surface area (Å²) in [6.45, 7) is 5.50. The van der Waals surface area contributed by atoms with Gasteiger partial charge in [0, 0.05) is 36.1 Å². The Labute approximate surface area is 221 Å². The molecule has 2 saturated heterocycles. The van der Waals surface area contributed by atoms with Crippen molar-refractivity contribution >= 4 is 11.6 Å². The van der Waals surface area contributed by atoms with Crippen LogP contribution in [0.3, 0.4) is 0 Å². The van der Waals surface area contributed by atoms with Gasteiger partial charge in [-0.1, -0.05) is 12.8 Å². The number of ether oxygens (including phenoxy) is 2. The molecule has 6 heteroatoms. The van der Waals surface area contributed by atoms with Gasteiger partial charge in [-0.15, -0.1) is 0 Å². The number of hydrogen-bond donors (Lipinski definition) is 0. The molecule has 2 aliphatic rings. The fourth-order valence-corrected chi connectivity index (χ4v) is 5.76. The zero-order chi connectivity index (χ0) is 26.0. The Balaban J connectivity index is 1.59. The Morgan fingerprint density at radius 1 is 0.622 bits per heavy atom. The first-order chi connectivity index (χ1) is 18.1. The van der Waals surface area contributed by atoms with Gasteiger partial charge in [-0.05, 0) is 107 Å². The lowest BCUT2D eigenvalue weighted by atomic mass is 9.83. The highest BCUT2D eigenvalue weighted by Gasteiger charge is 2.32. The number of carbonyl (C=O) groups is 2. The first kappa shape index (κ1) is 27.3. The Kier molecular flexibility index (Phi) is 10.1. The number of nitrogens with zero attached hydrogens (tertiary/aromatic N) is 2. The summed E-state index contributed by atoms with van der Waals surface area (Å²) in [6, 6.07) is 14.8. The van der Waals surface area contributed by atoms with Gasteiger partial charge in [-0.25, -0.2) is 0 Å². The van der Waals surface area contributed by atoms with Gasteiger partial charge in [0.1, 0.15) is 11.5 Å². The van der Waals surface area contributed by atoms with Crippen LogP contribution in [0.2, 0.25) is 0 Å². The Hall–Kier alpha value is -2.70. The van der Waals surface area contributed by atoms with Crippen LogP contribution < -0.4 is 9.47 Å². The van der Waals surface area contributed by atoms with E-state index in [2.05, 4.69) is 9.80 Å². The number of benzene rings is 2. The van der Waals surface area contributed by atoms with Crippen LogP contribution in [-0.2, 0) is 0 Å². The van der Waals surface area contributed by atoms with E-state index < -0.39 is 0 Å². The third-order valence-electron chi connectivity index (χ3n) is 7.91. The van der Waals surface area contributed by atoms with E-state index in [9.17, 15) is 9.59 Å². The van der Waals surface area contributed by atoms with Crippen LogP contribution in [0.15, 0.2) is 48.5 Å². The normalized spacial score (nSPS) is 18.6. The maximum absolute atomic E-state index is 13.9. The number of methoxy groups -OCH3 is 2. The minimum atomic E-state index is -0.233. The van der Waals surface area contributed by atoms with Crippen molar-refractivity contribution < 1.29 is 19.1 Å². The van der Waals surface area contributed by atoms with E-state index in [-0.39, 0.29) is 23.4 Å². The van der Waals surface area contributed by atoms with Gasteiger partial charge in [0.05, 0.1) is 14.2 Å². The van der Waals surface area contributed by atoms with E-state index in [0.29, 0.717) is 30.6 Å². The first-order valence-corrected chi connectivity index (χ1v) is 13.9. The molecule has 0 N–H and O–H groups in total.